The van der Waals surface area contributed by atoms with Gasteiger partial charge >= 0.3 is 5.97 Å². The summed E-state index contributed by atoms with van der Waals surface area (Å²) in [7, 11) is 0. The number of nitrogens with zero attached hydrogens (tertiary/aromatic N) is 1. The van der Waals surface area contributed by atoms with Crippen LogP contribution in [0.4, 0.5) is 0 Å². The van der Waals surface area contributed by atoms with Crippen molar-refractivity contribution in [2.45, 2.75) is 17.9 Å². The van der Waals surface area contributed by atoms with Crippen molar-refractivity contribution in [1.29, 1.82) is 0 Å². The third-order valence-electron chi connectivity index (χ3n) is 4.63. The molecule has 2 aromatic carbocycles. The zero-order valence-electron chi connectivity index (χ0n) is 13.1. The number of carbonyl (C=O) groups excluding carboxylic acids is 1. The highest BCUT2D eigenvalue weighted by molar-refractivity contribution is 5.77. The number of esters is 1. The maximum absolute atomic E-state index is 12.3. The van der Waals surface area contributed by atoms with Crippen LogP contribution in [0.5, 0.6) is 0 Å². The van der Waals surface area contributed by atoms with E-state index in [9.17, 15) is 4.79 Å². The Balaban J connectivity index is 1.97. The Hall–Kier alpha value is -2.94. The van der Waals surface area contributed by atoms with E-state index in [-0.39, 0.29) is 18.5 Å². The van der Waals surface area contributed by atoms with Gasteiger partial charge in [-0.25, -0.2) is 0 Å². The standard InChI is InChI=1S/C21H17NO2/c23-19-15-21(17-11-5-2-6-12-17,18-13-7-8-14-22-18)20(24-19)16-9-3-1-4-10-16/h1-14,20H,15H2. The quantitative estimate of drug-likeness (QED) is 0.684. The predicted octanol–water partition coefficient (Wildman–Crippen LogP) is 4.06. The molecule has 1 aliphatic rings. The highest BCUT2D eigenvalue weighted by Crippen LogP contribution is 2.51. The number of aromatic nitrogens is 1. The Morgan fingerprint density at radius 3 is 2.21 bits per heavy atom. The van der Waals surface area contributed by atoms with Crippen molar-refractivity contribution >= 4 is 5.97 Å². The second-order valence-electron chi connectivity index (χ2n) is 6.01. The molecule has 0 radical (unpaired) electrons. The lowest BCUT2D eigenvalue weighted by Gasteiger charge is -2.33. The second-order valence-corrected chi connectivity index (χ2v) is 6.01. The lowest BCUT2D eigenvalue weighted by molar-refractivity contribution is -0.141. The van der Waals surface area contributed by atoms with Crippen LogP contribution in [-0.2, 0) is 14.9 Å². The molecule has 2 atom stereocenters. The first kappa shape index (κ1) is 14.6. The first-order chi connectivity index (χ1) is 11.8. The van der Waals surface area contributed by atoms with Gasteiger partial charge in [0, 0.05) is 6.20 Å². The Morgan fingerprint density at radius 2 is 1.54 bits per heavy atom. The number of ether oxygens (including phenoxy) is 1. The molecule has 0 spiro atoms. The monoisotopic (exact) mass is 315 g/mol. The molecule has 0 N–H and O–H groups in total. The minimum Gasteiger partial charge on any atom is -0.456 e. The molecule has 1 aliphatic heterocycles. The molecule has 0 aliphatic carbocycles. The largest absolute Gasteiger partial charge is 0.456 e. The molecule has 1 aromatic heterocycles. The Morgan fingerprint density at radius 1 is 0.875 bits per heavy atom. The van der Waals surface area contributed by atoms with Crippen LogP contribution in [-0.4, -0.2) is 11.0 Å². The average Bonchev–Trinajstić information content (AvgIpc) is 3.02. The van der Waals surface area contributed by atoms with E-state index in [1.807, 2.05) is 78.9 Å². The maximum Gasteiger partial charge on any atom is 0.307 e. The van der Waals surface area contributed by atoms with Gasteiger partial charge in [-0.15, -0.1) is 0 Å². The SMILES string of the molecule is O=C1CC(c2ccccc2)(c2ccccn2)C(c2ccccc2)O1. The number of carbonyl (C=O) groups is 1. The van der Waals surface area contributed by atoms with Gasteiger partial charge < -0.3 is 4.74 Å². The summed E-state index contributed by atoms with van der Waals surface area (Å²) in [6.45, 7) is 0. The van der Waals surface area contributed by atoms with Crippen LogP contribution in [0.3, 0.4) is 0 Å². The minimum absolute atomic E-state index is 0.196. The van der Waals surface area contributed by atoms with E-state index >= 15 is 0 Å². The topological polar surface area (TPSA) is 39.2 Å². The highest BCUT2D eigenvalue weighted by Gasteiger charge is 2.53. The number of rotatable bonds is 3. The van der Waals surface area contributed by atoms with Gasteiger partial charge in [0.15, 0.2) is 0 Å². The number of cyclic esters (lactones) is 1. The Labute approximate surface area is 140 Å². The maximum atomic E-state index is 12.3. The summed E-state index contributed by atoms with van der Waals surface area (Å²) in [6.07, 6.45) is 1.67. The molecule has 2 heterocycles. The average molecular weight is 315 g/mol. The van der Waals surface area contributed by atoms with Crippen LogP contribution in [0, 0.1) is 0 Å². The van der Waals surface area contributed by atoms with Gasteiger partial charge in [0.2, 0.25) is 0 Å². The summed E-state index contributed by atoms with van der Waals surface area (Å²) in [4.78, 5) is 16.9. The molecule has 1 saturated heterocycles. The molecule has 2 unspecified atom stereocenters. The second kappa shape index (κ2) is 5.93. The van der Waals surface area contributed by atoms with Crippen molar-refractivity contribution < 1.29 is 9.53 Å². The molecule has 0 bridgehead atoms. The van der Waals surface area contributed by atoms with E-state index in [4.69, 9.17) is 4.74 Å². The van der Waals surface area contributed by atoms with E-state index in [1.165, 1.54) is 0 Å². The molecule has 118 valence electrons. The van der Waals surface area contributed by atoms with E-state index in [2.05, 4.69) is 4.98 Å². The van der Waals surface area contributed by atoms with Crippen molar-refractivity contribution in [3.05, 3.63) is 102 Å². The van der Waals surface area contributed by atoms with Crippen molar-refractivity contribution in [3.8, 4) is 0 Å². The summed E-state index contributed by atoms with van der Waals surface area (Å²) in [6, 6.07) is 25.8. The van der Waals surface area contributed by atoms with Crippen molar-refractivity contribution in [1.82, 2.24) is 4.98 Å². The zero-order chi connectivity index (χ0) is 16.4. The van der Waals surface area contributed by atoms with Crippen LogP contribution in [0.1, 0.15) is 29.3 Å². The summed E-state index contributed by atoms with van der Waals surface area (Å²) in [5.74, 6) is -0.196. The number of hydrogen-bond donors (Lipinski definition) is 0. The number of pyridine rings is 1. The molecule has 3 aromatic rings. The lowest BCUT2D eigenvalue weighted by Crippen LogP contribution is -2.32. The van der Waals surface area contributed by atoms with Crippen LogP contribution >= 0.6 is 0 Å². The lowest BCUT2D eigenvalue weighted by atomic mass is 9.70. The first-order valence-electron chi connectivity index (χ1n) is 8.02. The van der Waals surface area contributed by atoms with Gasteiger partial charge in [0.25, 0.3) is 0 Å². The van der Waals surface area contributed by atoms with Gasteiger partial charge in [-0.1, -0.05) is 66.7 Å². The van der Waals surface area contributed by atoms with Gasteiger partial charge in [-0.2, -0.15) is 0 Å². The molecule has 24 heavy (non-hydrogen) atoms. The van der Waals surface area contributed by atoms with Crippen LogP contribution in [0.15, 0.2) is 85.1 Å². The van der Waals surface area contributed by atoms with Crippen molar-refractivity contribution in [3.63, 3.8) is 0 Å². The molecule has 3 nitrogen and oxygen atoms in total. The Kier molecular flexibility index (Phi) is 3.62. The van der Waals surface area contributed by atoms with E-state index in [1.54, 1.807) is 6.20 Å². The molecule has 3 heteroatoms. The van der Waals surface area contributed by atoms with Gasteiger partial charge in [0.1, 0.15) is 6.10 Å². The molecule has 4 rings (SSSR count). The van der Waals surface area contributed by atoms with E-state index < -0.39 is 5.41 Å². The van der Waals surface area contributed by atoms with Gasteiger partial charge in [0.05, 0.1) is 17.5 Å². The summed E-state index contributed by atoms with van der Waals surface area (Å²) in [5.41, 5.74) is 2.28. The smallest absolute Gasteiger partial charge is 0.307 e. The summed E-state index contributed by atoms with van der Waals surface area (Å²) in [5, 5.41) is 0. The zero-order valence-corrected chi connectivity index (χ0v) is 13.1. The van der Waals surface area contributed by atoms with Crippen LogP contribution in [0.25, 0.3) is 0 Å². The molecule has 0 saturated carbocycles. The van der Waals surface area contributed by atoms with E-state index in [0.29, 0.717) is 0 Å². The van der Waals surface area contributed by atoms with Crippen LogP contribution in [0.2, 0.25) is 0 Å². The van der Waals surface area contributed by atoms with Crippen molar-refractivity contribution in [2.75, 3.05) is 0 Å². The number of hydrogen-bond acceptors (Lipinski definition) is 3. The minimum atomic E-state index is -0.610. The summed E-state index contributed by atoms with van der Waals surface area (Å²) < 4.78 is 5.79. The molecular formula is C21H17NO2. The van der Waals surface area contributed by atoms with Crippen molar-refractivity contribution in [2.24, 2.45) is 0 Å². The summed E-state index contributed by atoms with van der Waals surface area (Å²) >= 11 is 0. The number of benzene rings is 2. The molecule has 0 amide bonds. The third-order valence-corrected chi connectivity index (χ3v) is 4.63. The molecular weight excluding hydrogens is 298 g/mol. The molecule has 1 fully saturated rings. The Bertz CT molecular complexity index is 792. The van der Waals surface area contributed by atoms with Gasteiger partial charge in [-0.3, -0.25) is 9.78 Å². The first-order valence-corrected chi connectivity index (χ1v) is 8.02. The normalized spacial score (nSPS) is 23.0. The predicted molar refractivity (Wildman–Crippen MR) is 91.4 cm³/mol. The fourth-order valence-corrected chi connectivity index (χ4v) is 3.56. The van der Waals surface area contributed by atoms with E-state index in [0.717, 1.165) is 16.8 Å². The highest BCUT2D eigenvalue weighted by atomic mass is 16.6. The van der Waals surface area contributed by atoms with Gasteiger partial charge in [-0.05, 0) is 23.3 Å². The van der Waals surface area contributed by atoms with Crippen LogP contribution < -0.4 is 0 Å². The third kappa shape index (κ3) is 2.29. The fraction of sp³-hybridized carbons (Fsp3) is 0.143. The fourth-order valence-electron chi connectivity index (χ4n) is 3.56.